The third-order valence-corrected chi connectivity index (χ3v) is 6.67. The fourth-order valence-corrected chi connectivity index (χ4v) is 5.27. The van der Waals surface area contributed by atoms with Crippen LogP contribution in [0.1, 0.15) is 38.2 Å². The van der Waals surface area contributed by atoms with Gasteiger partial charge in [-0.25, -0.2) is 4.39 Å². The minimum atomic E-state index is -0.214. The molecule has 1 saturated heterocycles. The molecule has 3 aromatic rings. The van der Waals surface area contributed by atoms with Gasteiger partial charge in [-0.3, -0.25) is 9.88 Å². The number of halogens is 1. The summed E-state index contributed by atoms with van der Waals surface area (Å²) in [5.74, 6) is 0.627. The van der Waals surface area contributed by atoms with Gasteiger partial charge in [-0.1, -0.05) is 19.4 Å². The maximum absolute atomic E-state index is 13.5. The van der Waals surface area contributed by atoms with E-state index in [4.69, 9.17) is 0 Å². The van der Waals surface area contributed by atoms with Crippen LogP contribution in [0.4, 0.5) is 4.39 Å². The van der Waals surface area contributed by atoms with Gasteiger partial charge in [0.05, 0.1) is 5.69 Å². The minimum Gasteiger partial charge on any atom is -0.360 e. The summed E-state index contributed by atoms with van der Waals surface area (Å²) in [6.45, 7) is 4.57. The average molecular weight is 402 g/mol. The molecule has 2 unspecified atom stereocenters. The van der Waals surface area contributed by atoms with Crippen molar-refractivity contribution >= 4 is 5.57 Å². The number of benzene rings is 1. The van der Waals surface area contributed by atoms with Gasteiger partial charge in [0.2, 0.25) is 0 Å². The third-order valence-electron chi connectivity index (χ3n) is 6.67. The SMILES string of the molecule is CCCC1CC2CC(c3c[nH]c(-c4ccc(F)cc4)c3-c3ccncc3)=CCN2C1. The summed E-state index contributed by atoms with van der Waals surface area (Å²) in [4.78, 5) is 10.4. The predicted molar refractivity (Wildman–Crippen MR) is 120 cm³/mol. The van der Waals surface area contributed by atoms with Crippen molar-refractivity contribution in [3.63, 3.8) is 0 Å². The lowest BCUT2D eigenvalue weighted by Gasteiger charge is -2.29. The van der Waals surface area contributed by atoms with Gasteiger partial charge in [-0.15, -0.1) is 0 Å². The van der Waals surface area contributed by atoms with Crippen molar-refractivity contribution in [2.24, 2.45) is 5.92 Å². The molecule has 154 valence electrons. The van der Waals surface area contributed by atoms with Crippen LogP contribution < -0.4 is 0 Å². The van der Waals surface area contributed by atoms with Gasteiger partial charge >= 0.3 is 0 Å². The van der Waals surface area contributed by atoms with Crippen molar-refractivity contribution in [1.29, 1.82) is 0 Å². The Kier molecular flexibility index (Phi) is 5.26. The number of H-pyrrole nitrogens is 1. The van der Waals surface area contributed by atoms with E-state index in [2.05, 4.69) is 46.2 Å². The monoisotopic (exact) mass is 401 g/mol. The number of hydrogen-bond donors (Lipinski definition) is 1. The average Bonchev–Trinajstić information content (AvgIpc) is 3.38. The molecule has 2 aromatic heterocycles. The topological polar surface area (TPSA) is 31.9 Å². The zero-order valence-corrected chi connectivity index (χ0v) is 17.4. The quantitative estimate of drug-likeness (QED) is 0.555. The Morgan fingerprint density at radius 2 is 1.90 bits per heavy atom. The molecule has 0 saturated carbocycles. The van der Waals surface area contributed by atoms with Crippen molar-refractivity contribution in [1.82, 2.24) is 14.9 Å². The van der Waals surface area contributed by atoms with Crippen molar-refractivity contribution in [3.05, 3.63) is 72.4 Å². The first-order valence-corrected chi connectivity index (χ1v) is 11.0. The summed E-state index contributed by atoms with van der Waals surface area (Å²) >= 11 is 0. The van der Waals surface area contributed by atoms with E-state index in [9.17, 15) is 4.39 Å². The Balaban J connectivity index is 1.52. The molecule has 0 radical (unpaired) electrons. The van der Waals surface area contributed by atoms with E-state index in [-0.39, 0.29) is 5.82 Å². The number of rotatable bonds is 5. The van der Waals surface area contributed by atoms with Gasteiger partial charge in [0.25, 0.3) is 0 Å². The second-order valence-corrected chi connectivity index (χ2v) is 8.63. The molecule has 0 aliphatic carbocycles. The van der Waals surface area contributed by atoms with Crippen LogP contribution in [0.2, 0.25) is 0 Å². The number of nitrogens with one attached hydrogen (secondary N) is 1. The molecule has 0 bridgehead atoms. The zero-order valence-electron chi connectivity index (χ0n) is 17.4. The second kappa shape index (κ2) is 8.19. The summed E-state index contributed by atoms with van der Waals surface area (Å²) in [6.07, 6.45) is 13.2. The molecule has 2 aliphatic heterocycles. The van der Waals surface area contributed by atoms with E-state index < -0.39 is 0 Å². The predicted octanol–water partition coefficient (Wildman–Crippen LogP) is 6.16. The molecule has 4 heterocycles. The number of aromatic amines is 1. The van der Waals surface area contributed by atoms with Gasteiger partial charge in [0.1, 0.15) is 5.82 Å². The number of fused-ring (bicyclic) bond motifs is 1. The summed E-state index contributed by atoms with van der Waals surface area (Å²) in [5, 5.41) is 0. The Labute approximate surface area is 177 Å². The smallest absolute Gasteiger partial charge is 0.123 e. The van der Waals surface area contributed by atoms with Gasteiger partial charge in [0.15, 0.2) is 0 Å². The molecule has 0 spiro atoms. The van der Waals surface area contributed by atoms with E-state index in [0.717, 1.165) is 35.7 Å². The molecule has 3 nitrogen and oxygen atoms in total. The molecule has 5 rings (SSSR count). The first-order valence-electron chi connectivity index (χ1n) is 11.0. The van der Waals surface area contributed by atoms with Gasteiger partial charge < -0.3 is 4.98 Å². The van der Waals surface area contributed by atoms with Crippen LogP contribution in [0.25, 0.3) is 28.0 Å². The van der Waals surface area contributed by atoms with Crippen LogP contribution in [0.5, 0.6) is 0 Å². The van der Waals surface area contributed by atoms with Crippen LogP contribution in [0.15, 0.2) is 61.1 Å². The van der Waals surface area contributed by atoms with E-state index in [1.165, 1.54) is 54.6 Å². The van der Waals surface area contributed by atoms with Crippen LogP contribution >= 0.6 is 0 Å². The summed E-state index contributed by atoms with van der Waals surface area (Å²) in [7, 11) is 0. The molecule has 4 heteroatoms. The molecule has 0 amide bonds. The summed E-state index contributed by atoms with van der Waals surface area (Å²) in [6, 6.07) is 11.5. The largest absolute Gasteiger partial charge is 0.360 e. The van der Waals surface area contributed by atoms with E-state index >= 15 is 0 Å². The number of hydrogen-bond acceptors (Lipinski definition) is 2. The second-order valence-electron chi connectivity index (χ2n) is 8.63. The third kappa shape index (κ3) is 3.61. The Hall–Kier alpha value is -2.72. The molecule has 2 aliphatic rings. The van der Waals surface area contributed by atoms with Gasteiger partial charge in [-0.05, 0) is 78.3 Å². The molecule has 1 aromatic carbocycles. The van der Waals surface area contributed by atoms with Crippen LogP contribution in [0, 0.1) is 11.7 Å². The lowest BCUT2D eigenvalue weighted by atomic mass is 9.89. The number of pyridine rings is 1. The molecule has 2 atom stereocenters. The maximum atomic E-state index is 13.5. The van der Waals surface area contributed by atoms with Crippen molar-refractivity contribution in [2.45, 2.75) is 38.6 Å². The Bertz CT molecular complexity index is 1040. The molecular weight excluding hydrogens is 373 g/mol. The molecule has 1 fully saturated rings. The highest BCUT2D eigenvalue weighted by Gasteiger charge is 2.34. The lowest BCUT2D eigenvalue weighted by Crippen LogP contribution is -2.33. The standard InChI is InChI=1S/C26H28FN3/c1-2-3-18-14-23-15-21(10-13-30(23)17-18)24-16-29-26(20-4-6-22(27)7-5-20)25(24)19-8-11-28-12-9-19/h4-12,16,18,23,29H,2-3,13-15,17H2,1H3. The van der Waals surface area contributed by atoms with Crippen molar-refractivity contribution in [3.8, 4) is 22.4 Å². The molecule has 1 N–H and O–H groups in total. The molecular formula is C26H28FN3. The van der Waals surface area contributed by atoms with Crippen molar-refractivity contribution < 1.29 is 4.39 Å². The minimum absolute atomic E-state index is 0.214. The Morgan fingerprint density at radius 3 is 2.67 bits per heavy atom. The number of nitrogens with zero attached hydrogens (tertiary/aromatic N) is 2. The van der Waals surface area contributed by atoms with Crippen molar-refractivity contribution in [2.75, 3.05) is 13.1 Å². The highest BCUT2D eigenvalue weighted by atomic mass is 19.1. The van der Waals surface area contributed by atoms with Crippen LogP contribution in [-0.2, 0) is 0 Å². The van der Waals surface area contributed by atoms with Crippen LogP contribution in [-0.4, -0.2) is 34.0 Å². The van der Waals surface area contributed by atoms with E-state index in [0.29, 0.717) is 6.04 Å². The zero-order chi connectivity index (χ0) is 20.5. The van der Waals surface area contributed by atoms with Crippen LogP contribution in [0.3, 0.4) is 0 Å². The number of aromatic nitrogens is 2. The normalized spacial score (nSPS) is 21.5. The highest BCUT2D eigenvalue weighted by molar-refractivity contribution is 5.91. The van der Waals surface area contributed by atoms with E-state index in [1.54, 1.807) is 0 Å². The van der Waals surface area contributed by atoms with E-state index in [1.807, 2.05) is 24.5 Å². The maximum Gasteiger partial charge on any atom is 0.123 e. The first kappa shape index (κ1) is 19.3. The van der Waals surface area contributed by atoms with Gasteiger partial charge in [0, 0.05) is 48.8 Å². The van der Waals surface area contributed by atoms with Gasteiger partial charge in [-0.2, -0.15) is 0 Å². The fourth-order valence-electron chi connectivity index (χ4n) is 5.27. The Morgan fingerprint density at radius 1 is 1.10 bits per heavy atom. The first-order chi connectivity index (χ1) is 14.7. The highest BCUT2D eigenvalue weighted by Crippen LogP contribution is 2.42. The summed E-state index contributed by atoms with van der Waals surface area (Å²) in [5.41, 5.74) is 7.04. The lowest BCUT2D eigenvalue weighted by molar-refractivity contribution is 0.271. The fraction of sp³-hybridized carbons (Fsp3) is 0.346. The summed E-state index contributed by atoms with van der Waals surface area (Å²) < 4.78 is 13.5. The molecule has 30 heavy (non-hydrogen) atoms.